The first-order chi connectivity index (χ1) is 7.67. The standard InChI is InChI=1S/C11H18N2O3/c1-4-9(11(14)15-5-2)12-7-10-13-6-8(3)16-10/h6,9,12H,4-5,7H2,1-3H3. The van der Waals surface area contributed by atoms with Crippen LogP contribution in [-0.2, 0) is 16.1 Å². The molecule has 16 heavy (non-hydrogen) atoms. The third-order valence-corrected chi connectivity index (χ3v) is 2.15. The van der Waals surface area contributed by atoms with Crippen LogP contribution in [0.5, 0.6) is 0 Å². The van der Waals surface area contributed by atoms with Crippen molar-refractivity contribution in [2.75, 3.05) is 6.61 Å². The molecule has 0 saturated heterocycles. The van der Waals surface area contributed by atoms with Gasteiger partial charge in [0.15, 0.2) is 0 Å². The van der Waals surface area contributed by atoms with Crippen molar-refractivity contribution in [3.8, 4) is 0 Å². The van der Waals surface area contributed by atoms with Crippen LogP contribution in [0.3, 0.4) is 0 Å². The molecule has 5 nitrogen and oxygen atoms in total. The molecule has 1 aromatic rings. The number of ether oxygens (including phenoxy) is 1. The van der Waals surface area contributed by atoms with Crippen molar-refractivity contribution in [2.24, 2.45) is 0 Å². The first kappa shape index (κ1) is 12.7. The molecule has 0 aliphatic heterocycles. The summed E-state index contributed by atoms with van der Waals surface area (Å²) in [6, 6.07) is -0.299. The summed E-state index contributed by atoms with van der Waals surface area (Å²) in [6.07, 6.45) is 2.33. The number of hydrogen-bond acceptors (Lipinski definition) is 5. The lowest BCUT2D eigenvalue weighted by Crippen LogP contribution is -2.37. The van der Waals surface area contributed by atoms with Crippen LogP contribution < -0.4 is 5.32 Å². The predicted octanol–water partition coefficient (Wildman–Crippen LogP) is 1.41. The quantitative estimate of drug-likeness (QED) is 0.743. The van der Waals surface area contributed by atoms with Crippen molar-refractivity contribution < 1.29 is 13.9 Å². The number of nitrogens with one attached hydrogen (secondary N) is 1. The van der Waals surface area contributed by atoms with E-state index < -0.39 is 0 Å². The zero-order valence-corrected chi connectivity index (χ0v) is 9.95. The molecule has 0 amide bonds. The minimum Gasteiger partial charge on any atom is -0.465 e. The van der Waals surface area contributed by atoms with Crippen LogP contribution in [0.25, 0.3) is 0 Å². The average molecular weight is 226 g/mol. The third-order valence-electron chi connectivity index (χ3n) is 2.15. The summed E-state index contributed by atoms with van der Waals surface area (Å²) >= 11 is 0. The van der Waals surface area contributed by atoms with Gasteiger partial charge >= 0.3 is 5.97 Å². The Hall–Kier alpha value is -1.36. The van der Waals surface area contributed by atoms with Crippen LogP contribution in [0.2, 0.25) is 0 Å². The molecule has 0 saturated carbocycles. The lowest BCUT2D eigenvalue weighted by atomic mass is 10.2. The van der Waals surface area contributed by atoms with E-state index in [0.717, 1.165) is 5.76 Å². The average Bonchev–Trinajstić information content (AvgIpc) is 2.65. The summed E-state index contributed by atoms with van der Waals surface area (Å²) in [5.74, 6) is 1.12. The van der Waals surface area contributed by atoms with Gasteiger partial charge in [0.05, 0.1) is 19.3 Å². The van der Waals surface area contributed by atoms with Crippen molar-refractivity contribution in [3.05, 3.63) is 17.8 Å². The van der Waals surface area contributed by atoms with Crippen molar-refractivity contribution in [3.63, 3.8) is 0 Å². The van der Waals surface area contributed by atoms with Crippen molar-refractivity contribution >= 4 is 5.97 Å². The zero-order chi connectivity index (χ0) is 12.0. The van der Waals surface area contributed by atoms with E-state index in [9.17, 15) is 4.79 Å². The van der Waals surface area contributed by atoms with Gasteiger partial charge in [-0.25, -0.2) is 4.98 Å². The lowest BCUT2D eigenvalue weighted by molar-refractivity contribution is -0.145. The van der Waals surface area contributed by atoms with Gasteiger partial charge in [-0.3, -0.25) is 10.1 Å². The molecular formula is C11H18N2O3. The Labute approximate surface area is 95.2 Å². The van der Waals surface area contributed by atoms with E-state index in [0.29, 0.717) is 25.5 Å². The minimum atomic E-state index is -0.299. The number of nitrogens with zero attached hydrogens (tertiary/aromatic N) is 1. The molecule has 1 atom stereocenters. The lowest BCUT2D eigenvalue weighted by Gasteiger charge is -2.13. The molecule has 0 spiro atoms. The van der Waals surface area contributed by atoms with E-state index in [1.807, 2.05) is 13.8 Å². The molecule has 0 radical (unpaired) electrons. The largest absolute Gasteiger partial charge is 0.465 e. The highest BCUT2D eigenvalue weighted by molar-refractivity contribution is 5.75. The summed E-state index contributed by atoms with van der Waals surface area (Å²) in [6.45, 7) is 6.39. The topological polar surface area (TPSA) is 64.4 Å². The molecule has 1 unspecified atom stereocenters. The maximum absolute atomic E-state index is 11.5. The number of hydrogen-bond donors (Lipinski definition) is 1. The van der Waals surface area contributed by atoms with Crippen LogP contribution in [0.4, 0.5) is 0 Å². The summed E-state index contributed by atoms with van der Waals surface area (Å²) < 4.78 is 10.2. The minimum absolute atomic E-state index is 0.228. The zero-order valence-electron chi connectivity index (χ0n) is 9.95. The fraction of sp³-hybridized carbons (Fsp3) is 0.636. The number of carbonyl (C=O) groups is 1. The molecular weight excluding hydrogens is 208 g/mol. The molecule has 1 rings (SSSR count). The second-order valence-electron chi connectivity index (χ2n) is 3.46. The Morgan fingerprint density at radius 2 is 2.38 bits per heavy atom. The Balaban J connectivity index is 2.42. The van der Waals surface area contributed by atoms with Gasteiger partial charge in [0, 0.05) is 0 Å². The van der Waals surface area contributed by atoms with E-state index in [1.165, 1.54) is 0 Å². The normalized spacial score (nSPS) is 12.4. The van der Waals surface area contributed by atoms with Gasteiger partial charge < -0.3 is 9.15 Å². The van der Waals surface area contributed by atoms with E-state index in [-0.39, 0.29) is 12.0 Å². The molecule has 0 aliphatic rings. The van der Waals surface area contributed by atoms with E-state index in [1.54, 1.807) is 13.1 Å². The summed E-state index contributed by atoms with van der Waals surface area (Å²) in [4.78, 5) is 15.5. The Morgan fingerprint density at radius 3 is 2.88 bits per heavy atom. The summed E-state index contributed by atoms with van der Waals surface area (Å²) in [5, 5.41) is 3.05. The number of carbonyl (C=O) groups excluding carboxylic acids is 1. The molecule has 90 valence electrons. The van der Waals surface area contributed by atoms with Crippen LogP contribution >= 0.6 is 0 Å². The van der Waals surface area contributed by atoms with Gasteiger partial charge in [0.2, 0.25) is 5.89 Å². The van der Waals surface area contributed by atoms with E-state index in [2.05, 4.69) is 10.3 Å². The monoisotopic (exact) mass is 226 g/mol. The molecule has 5 heteroatoms. The number of aromatic nitrogens is 1. The van der Waals surface area contributed by atoms with E-state index in [4.69, 9.17) is 9.15 Å². The van der Waals surface area contributed by atoms with Gasteiger partial charge in [-0.2, -0.15) is 0 Å². The summed E-state index contributed by atoms with van der Waals surface area (Å²) in [7, 11) is 0. The number of oxazole rings is 1. The highest BCUT2D eigenvalue weighted by atomic mass is 16.5. The molecule has 1 heterocycles. The maximum Gasteiger partial charge on any atom is 0.323 e. The van der Waals surface area contributed by atoms with Crippen LogP contribution in [0, 0.1) is 6.92 Å². The molecule has 0 fully saturated rings. The second-order valence-corrected chi connectivity index (χ2v) is 3.46. The fourth-order valence-corrected chi connectivity index (χ4v) is 1.33. The van der Waals surface area contributed by atoms with Gasteiger partial charge in [-0.15, -0.1) is 0 Å². The van der Waals surface area contributed by atoms with Crippen molar-refractivity contribution in [1.82, 2.24) is 10.3 Å². The SMILES string of the molecule is CCOC(=O)C(CC)NCc1ncc(C)o1. The fourth-order valence-electron chi connectivity index (χ4n) is 1.33. The first-order valence-electron chi connectivity index (χ1n) is 5.48. The molecule has 0 bridgehead atoms. The highest BCUT2D eigenvalue weighted by Gasteiger charge is 2.17. The van der Waals surface area contributed by atoms with Gasteiger partial charge in [-0.1, -0.05) is 6.92 Å². The Morgan fingerprint density at radius 1 is 1.62 bits per heavy atom. The second kappa shape index (κ2) is 6.27. The van der Waals surface area contributed by atoms with Crippen LogP contribution in [0.1, 0.15) is 31.9 Å². The number of aryl methyl sites for hydroxylation is 1. The highest BCUT2D eigenvalue weighted by Crippen LogP contribution is 2.02. The number of esters is 1. The first-order valence-corrected chi connectivity index (χ1v) is 5.48. The van der Waals surface area contributed by atoms with Gasteiger partial charge in [0.25, 0.3) is 0 Å². The number of rotatable bonds is 6. The molecule has 1 N–H and O–H groups in total. The Bertz CT molecular complexity index is 336. The smallest absolute Gasteiger partial charge is 0.323 e. The summed E-state index contributed by atoms with van der Waals surface area (Å²) in [5.41, 5.74) is 0. The van der Waals surface area contributed by atoms with Crippen LogP contribution in [0.15, 0.2) is 10.6 Å². The maximum atomic E-state index is 11.5. The third kappa shape index (κ3) is 3.66. The Kier molecular flexibility index (Phi) is 4.98. The van der Waals surface area contributed by atoms with Gasteiger partial charge in [-0.05, 0) is 20.3 Å². The van der Waals surface area contributed by atoms with Crippen molar-refractivity contribution in [2.45, 2.75) is 39.8 Å². The molecule has 1 aromatic heterocycles. The van der Waals surface area contributed by atoms with Gasteiger partial charge in [0.1, 0.15) is 11.8 Å². The predicted molar refractivity (Wildman–Crippen MR) is 58.8 cm³/mol. The molecule has 0 aromatic carbocycles. The van der Waals surface area contributed by atoms with E-state index >= 15 is 0 Å². The molecule has 0 aliphatic carbocycles. The van der Waals surface area contributed by atoms with Crippen LogP contribution in [-0.4, -0.2) is 23.6 Å². The van der Waals surface area contributed by atoms with Crippen molar-refractivity contribution in [1.29, 1.82) is 0 Å².